The third kappa shape index (κ3) is 4.38. The number of benzene rings is 2. The maximum atomic E-state index is 16.9. The minimum atomic E-state index is -2.29. The first-order chi connectivity index (χ1) is 18.5. The second-order valence-electron chi connectivity index (χ2n) is 9.86. The molecule has 4 atom stereocenters. The minimum absolute atomic E-state index is 0.0419. The highest BCUT2D eigenvalue weighted by atomic mass is 19.1. The van der Waals surface area contributed by atoms with E-state index in [1.165, 1.54) is 44.1 Å². The van der Waals surface area contributed by atoms with Crippen molar-refractivity contribution in [2.45, 2.75) is 57.8 Å². The standard InChI is InChI=1S/C28H28FN5O5/c1-16-19(11-8-12-20(16)25(36)37)22-28(4,39-17(2)35)27(3,29)26(38-22)34-15-33-21-23(31-14-32-24(21)34)30-13-18-9-6-5-7-10-18/h5-12,14-15,22,26H,13H2,1-4H3,(H,36,37)(H,30,31,32)/t22-,26-,27+,28-/m1/s1. The fourth-order valence-electron chi connectivity index (χ4n) is 5.14. The van der Waals surface area contributed by atoms with Gasteiger partial charge in [0.25, 0.3) is 0 Å². The molecule has 5 rings (SSSR count). The van der Waals surface area contributed by atoms with Gasteiger partial charge in [0.1, 0.15) is 12.4 Å². The fraction of sp³-hybridized carbons (Fsp3) is 0.321. The highest BCUT2D eigenvalue weighted by Crippen LogP contribution is 2.57. The number of aromatic nitrogens is 4. The molecule has 0 amide bonds. The Labute approximate surface area is 223 Å². The Morgan fingerprint density at radius 3 is 2.56 bits per heavy atom. The quantitative estimate of drug-likeness (QED) is 0.323. The van der Waals surface area contributed by atoms with Gasteiger partial charge >= 0.3 is 11.9 Å². The molecule has 2 aromatic heterocycles. The lowest BCUT2D eigenvalue weighted by Crippen LogP contribution is -2.51. The smallest absolute Gasteiger partial charge is 0.335 e. The van der Waals surface area contributed by atoms with Crippen molar-refractivity contribution in [3.63, 3.8) is 0 Å². The number of carboxylic acid groups (broad SMARTS) is 1. The van der Waals surface area contributed by atoms with Crippen molar-refractivity contribution in [1.82, 2.24) is 19.5 Å². The molecular weight excluding hydrogens is 505 g/mol. The van der Waals surface area contributed by atoms with E-state index in [1.54, 1.807) is 19.1 Å². The zero-order valence-corrected chi connectivity index (χ0v) is 21.9. The highest BCUT2D eigenvalue weighted by Gasteiger charge is 2.67. The number of nitrogens with zero attached hydrogens (tertiary/aromatic N) is 4. The van der Waals surface area contributed by atoms with Gasteiger partial charge in [-0.2, -0.15) is 0 Å². The number of hydrogen-bond acceptors (Lipinski definition) is 8. The number of carboxylic acids is 1. The summed E-state index contributed by atoms with van der Waals surface area (Å²) in [4.78, 5) is 37.1. The number of imidazole rings is 1. The van der Waals surface area contributed by atoms with Gasteiger partial charge in [-0.25, -0.2) is 24.1 Å². The van der Waals surface area contributed by atoms with Crippen molar-refractivity contribution in [1.29, 1.82) is 0 Å². The van der Waals surface area contributed by atoms with Crippen LogP contribution in [0.2, 0.25) is 0 Å². The second-order valence-corrected chi connectivity index (χ2v) is 9.86. The number of alkyl halides is 1. The van der Waals surface area contributed by atoms with Crippen LogP contribution in [0.4, 0.5) is 10.2 Å². The maximum Gasteiger partial charge on any atom is 0.335 e. The van der Waals surface area contributed by atoms with Gasteiger partial charge in [0.2, 0.25) is 0 Å². The van der Waals surface area contributed by atoms with Gasteiger partial charge < -0.3 is 19.9 Å². The van der Waals surface area contributed by atoms with Gasteiger partial charge in [-0.15, -0.1) is 0 Å². The van der Waals surface area contributed by atoms with Crippen molar-refractivity contribution in [2.75, 3.05) is 5.32 Å². The average molecular weight is 534 g/mol. The zero-order valence-electron chi connectivity index (χ0n) is 21.9. The van der Waals surface area contributed by atoms with E-state index in [1.807, 2.05) is 30.3 Å². The molecule has 0 aliphatic carbocycles. The molecule has 1 fully saturated rings. The van der Waals surface area contributed by atoms with E-state index >= 15 is 4.39 Å². The van der Waals surface area contributed by atoms with Gasteiger partial charge in [-0.1, -0.05) is 42.5 Å². The summed E-state index contributed by atoms with van der Waals surface area (Å²) < 4.78 is 30.3. The van der Waals surface area contributed by atoms with Crippen LogP contribution in [0.25, 0.3) is 11.2 Å². The number of esters is 1. The Hall–Kier alpha value is -4.38. The number of rotatable bonds is 7. The molecule has 2 aromatic carbocycles. The molecule has 0 saturated carbocycles. The molecule has 2 N–H and O–H groups in total. The highest BCUT2D eigenvalue weighted by molar-refractivity contribution is 5.89. The lowest BCUT2D eigenvalue weighted by molar-refractivity contribution is -0.174. The Balaban J connectivity index is 1.57. The van der Waals surface area contributed by atoms with Gasteiger partial charge in [0.15, 0.2) is 34.5 Å². The number of anilines is 1. The van der Waals surface area contributed by atoms with Crippen molar-refractivity contribution in [3.8, 4) is 0 Å². The van der Waals surface area contributed by atoms with Crippen LogP contribution in [0.15, 0.2) is 61.2 Å². The van der Waals surface area contributed by atoms with Crippen LogP contribution in [0, 0.1) is 6.92 Å². The van der Waals surface area contributed by atoms with Crippen LogP contribution in [-0.2, 0) is 20.8 Å². The Morgan fingerprint density at radius 2 is 1.87 bits per heavy atom. The Morgan fingerprint density at radius 1 is 1.13 bits per heavy atom. The van der Waals surface area contributed by atoms with E-state index in [-0.39, 0.29) is 5.56 Å². The van der Waals surface area contributed by atoms with Crippen LogP contribution in [0.3, 0.4) is 0 Å². The predicted octanol–water partition coefficient (Wildman–Crippen LogP) is 4.77. The van der Waals surface area contributed by atoms with Crippen LogP contribution in [0.5, 0.6) is 0 Å². The number of carbonyl (C=O) groups is 2. The van der Waals surface area contributed by atoms with Gasteiger partial charge in [-0.3, -0.25) is 9.36 Å². The largest absolute Gasteiger partial charge is 0.478 e. The number of aromatic carboxylic acids is 1. The number of hydrogen-bond donors (Lipinski definition) is 2. The van der Waals surface area contributed by atoms with Gasteiger partial charge in [0, 0.05) is 13.5 Å². The van der Waals surface area contributed by atoms with E-state index < -0.39 is 35.5 Å². The molecule has 1 aliphatic rings. The lowest BCUT2D eigenvalue weighted by atomic mass is 9.80. The van der Waals surface area contributed by atoms with E-state index in [2.05, 4.69) is 20.3 Å². The first-order valence-corrected chi connectivity index (χ1v) is 12.4. The molecule has 11 heteroatoms. The first-order valence-electron chi connectivity index (χ1n) is 12.4. The van der Waals surface area contributed by atoms with Crippen molar-refractivity contribution in [3.05, 3.63) is 83.4 Å². The fourth-order valence-corrected chi connectivity index (χ4v) is 5.14. The van der Waals surface area contributed by atoms with E-state index in [4.69, 9.17) is 9.47 Å². The SMILES string of the molecule is CC(=O)O[C@]1(C)[C@@H](c2cccc(C(=O)O)c2C)O[C@@H](n2cnc3c(NCc4ccccc4)ncnc32)[C@]1(C)F. The summed E-state index contributed by atoms with van der Waals surface area (Å²) in [5.41, 5.74) is -1.51. The van der Waals surface area contributed by atoms with E-state index in [0.29, 0.717) is 34.7 Å². The van der Waals surface area contributed by atoms with Crippen LogP contribution >= 0.6 is 0 Å². The number of halogens is 1. The minimum Gasteiger partial charge on any atom is -0.478 e. The lowest BCUT2D eigenvalue weighted by Gasteiger charge is -2.37. The van der Waals surface area contributed by atoms with Crippen molar-refractivity contribution >= 4 is 28.9 Å². The summed E-state index contributed by atoms with van der Waals surface area (Å²) in [7, 11) is 0. The molecule has 1 saturated heterocycles. The summed E-state index contributed by atoms with van der Waals surface area (Å²) >= 11 is 0. The molecule has 0 spiro atoms. The molecule has 10 nitrogen and oxygen atoms in total. The number of nitrogens with one attached hydrogen (secondary N) is 1. The summed E-state index contributed by atoms with van der Waals surface area (Å²) in [5.74, 6) is -1.37. The van der Waals surface area contributed by atoms with Crippen LogP contribution in [-0.4, -0.2) is 47.8 Å². The number of fused-ring (bicyclic) bond motifs is 1. The molecular formula is C28H28FN5O5. The van der Waals surface area contributed by atoms with Crippen LogP contribution < -0.4 is 5.32 Å². The van der Waals surface area contributed by atoms with E-state index in [9.17, 15) is 14.7 Å². The molecule has 0 unspecified atom stereocenters. The average Bonchev–Trinajstić information content (AvgIpc) is 3.40. The maximum absolute atomic E-state index is 16.9. The Bertz CT molecular complexity index is 1560. The molecule has 39 heavy (non-hydrogen) atoms. The van der Waals surface area contributed by atoms with Crippen molar-refractivity contribution < 1.29 is 28.6 Å². The first kappa shape index (κ1) is 26.2. The predicted molar refractivity (Wildman–Crippen MR) is 140 cm³/mol. The van der Waals surface area contributed by atoms with Gasteiger partial charge in [-0.05, 0) is 43.5 Å². The summed E-state index contributed by atoms with van der Waals surface area (Å²) in [6.45, 7) is 6.04. The molecule has 202 valence electrons. The summed E-state index contributed by atoms with van der Waals surface area (Å²) in [6, 6.07) is 14.4. The molecule has 0 bridgehead atoms. The van der Waals surface area contributed by atoms with Gasteiger partial charge in [0.05, 0.1) is 11.9 Å². The second kappa shape index (κ2) is 9.73. The zero-order chi connectivity index (χ0) is 27.9. The number of ether oxygens (including phenoxy) is 2. The Kier molecular flexibility index (Phi) is 6.55. The summed E-state index contributed by atoms with van der Waals surface area (Å²) in [6.07, 6.45) is 0.311. The summed E-state index contributed by atoms with van der Waals surface area (Å²) in [5, 5.41) is 12.9. The number of carbonyl (C=O) groups excluding carboxylic acids is 1. The normalized spacial score (nSPS) is 24.5. The third-order valence-electron chi connectivity index (χ3n) is 7.36. The molecule has 3 heterocycles. The third-order valence-corrected chi connectivity index (χ3v) is 7.36. The van der Waals surface area contributed by atoms with E-state index in [0.717, 1.165) is 5.56 Å². The monoisotopic (exact) mass is 533 g/mol. The van der Waals surface area contributed by atoms with Crippen molar-refractivity contribution in [2.24, 2.45) is 0 Å². The van der Waals surface area contributed by atoms with Crippen LogP contribution in [0.1, 0.15) is 60.2 Å². The molecule has 4 aromatic rings. The topological polar surface area (TPSA) is 128 Å². The molecule has 1 aliphatic heterocycles. The molecule has 0 radical (unpaired) electrons.